The van der Waals surface area contributed by atoms with E-state index in [1.807, 2.05) is 6.26 Å². The van der Waals surface area contributed by atoms with Crippen molar-refractivity contribution >= 4 is 23.3 Å². The number of ether oxygens (including phenoxy) is 45. The first kappa shape index (κ1) is 146. The molecule has 0 spiro atoms. The van der Waals surface area contributed by atoms with Crippen LogP contribution in [0.4, 0.5) is 0 Å². The number of Topliss-reactive ketones (excluding diaryl/α,β-unsaturated/α-hetero) is 2. The first-order valence-corrected chi connectivity index (χ1v) is 54.4. The highest BCUT2D eigenvalue weighted by Gasteiger charge is 2.18. The molecule has 47 nitrogen and oxygen atoms in total. The van der Waals surface area contributed by atoms with Crippen molar-refractivity contribution in [2.45, 2.75) is 32.6 Å². The monoisotopic (exact) mass is 2180 g/mol. The Labute approximate surface area is 887 Å². The van der Waals surface area contributed by atoms with Gasteiger partial charge in [0.25, 0.3) is 0 Å². The minimum atomic E-state index is -0.165. The molecule has 0 amide bonds. The average molecular weight is 2180 g/mol. The van der Waals surface area contributed by atoms with Gasteiger partial charge in [-0.2, -0.15) is 11.8 Å². The smallest absolute Gasteiger partial charge is 0.133 e. The van der Waals surface area contributed by atoms with Crippen LogP contribution in [0.15, 0.2) is 0 Å². The molecular formula is C100H198O47S. The highest BCUT2D eigenvalue weighted by Crippen LogP contribution is 2.16. The number of thioether (sulfide) groups is 1. The number of hydrogen-bond acceptors (Lipinski definition) is 48. The van der Waals surface area contributed by atoms with E-state index in [-0.39, 0.29) is 17.5 Å². The normalized spacial score (nSPS) is 12.0. The Morgan fingerprint density at radius 1 is 0.155 bits per heavy atom. The summed E-state index contributed by atoms with van der Waals surface area (Å²) in [5.41, 5.74) is 0. The lowest BCUT2D eigenvalue weighted by Crippen LogP contribution is -2.17. The van der Waals surface area contributed by atoms with E-state index in [9.17, 15) is 9.59 Å². The van der Waals surface area contributed by atoms with Gasteiger partial charge in [0.1, 0.15) is 11.6 Å². The van der Waals surface area contributed by atoms with Crippen molar-refractivity contribution in [3.05, 3.63) is 0 Å². The standard InChI is InChI=1S/C100H198O47S/c1-98(101)99(6-96-148-3)97-100(102)5-4-7-104-10-11-106-14-15-108-18-19-110-22-23-112-26-27-114-30-31-116-34-35-118-38-39-120-42-43-122-46-47-124-50-51-126-54-55-128-58-59-130-62-63-132-66-67-134-70-71-136-74-75-138-78-79-140-82-83-142-86-87-144-90-91-146-94-95-147-93-92-145-89-88-143-85-84-141-81-80-139-77-76-137-73-72-135-69-68-133-65-64-131-61-60-129-57-56-127-53-52-125-49-48-123-45-44-121-41-40-119-37-36-117-33-32-115-29-28-113-25-24-111-21-20-109-17-16-107-13-12-105-9-8-103-2/h99H,4-97H2,1-3H3/t99-/m1/s1. The van der Waals surface area contributed by atoms with Crippen molar-refractivity contribution in [1.82, 2.24) is 0 Å². The van der Waals surface area contributed by atoms with Crippen LogP contribution in [0.25, 0.3) is 0 Å². The molecule has 0 unspecified atom stereocenters. The fourth-order valence-electron chi connectivity index (χ4n) is 11.2. The van der Waals surface area contributed by atoms with Crippen LogP contribution in [0.3, 0.4) is 0 Å². The highest BCUT2D eigenvalue weighted by molar-refractivity contribution is 7.98. The van der Waals surface area contributed by atoms with Crippen LogP contribution in [0, 0.1) is 5.92 Å². The molecule has 148 heavy (non-hydrogen) atoms. The summed E-state index contributed by atoms with van der Waals surface area (Å²) in [4.78, 5) is 24.0. The van der Waals surface area contributed by atoms with E-state index in [4.69, 9.17) is 213 Å². The Hall–Kier alpha value is -2.11. The van der Waals surface area contributed by atoms with Gasteiger partial charge >= 0.3 is 0 Å². The maximum Gasteiger partial charge on any atom is 0.133 e. The van der Waals surface area contributed by atoms with Gasteiger partial charge in [0.15, 0.2) is 0 Å². The van der Waals surface area contributed by atoms with Crippen LogP contribution >= 0.6 is 11.8 Å². The third-order valence-corrected chi connectivity index (χ3v) is 19.5. The van der Waals surface area contributed by atoms with Gasteiger partial charge in [-0.1, -0.05) is 0 Å². The molecule has 0 aromatic carbocycles. The van der Waals surface area contributed by atoms with Gasteiger partial charge in [-0.15, -0.1) is 0 Å². The SMILES string of the molecule is COCCOCCOCCOCCOCCOCCOCCOCCOCCOCCOCCOCCOCCOCCOCCOCCOCCOCCOCCOCCOCCOCCOCCOCCOCCOCCOCCOCCOCCOCCOCCOCCOCCOCCOCCOCCOCCOCCOCCOCCOCCOCCOCCOCCOCCCC(=O)C[C@@H](CCSC)C(C)=O. The van der Waals surface area contributed by atoms with Crippen molar-refractivity contribution in [3.63, 3.8) is 0 Å². The van der Waals surface area contributed by atoms with E-state index in [0.29, 0.717) is 607 Å². The topological polar surface area (TPSA) is 449 Å². The van der Waals surface area contributed by atoms with E-state index in [0.717, 1.165) is 12.2 Å². The molecule has 0 aliphatic heterocycles. The first-order chi connectivity index (χ1) is 73.6. The Morgan fingerprint density at radius 2 is 0.250 bits per heavy atom. The van der Waals surface area contributed by atoms with Crippen LogP contribution in [-0.4, -0.2) is 619 Å². The second-order valence-corrected chi connectivity index (χ2v) is 31.9. The van der Waals surface area contributed by atoms with E-state index >= 15 is 0 Å². The first-order valence-electron chi connectivity index (χ1n) is 53.0. The lowest BCUT2D eigenvalue weighted by molar-refractivity contribution is -0.127. The summed E-state index contributed by atoms with van der Waals surface area (Å²) in [5.74, 6) is 0.934. The average Bonchev–Trinajstić information content (AvgIpc) is 0.938. The molecule has 0 aromatic rings. The van der Waals surface area contributed by atoms with Crippen LogP contribution < -0.4 is 0 Å². The second kappa shape index (κ2) is 139. The molecular weight excluding hydrogens is 1990 g/mol. The largest absolute Gasteiger partial charge is 0.382 e. The molecule has 0 rings (SSSR count). The molecule has 886 valence electrons. The Kier molecular flexibility index (Phi) is 137. The number of methoxy groups -OCH3 is 1. The summed E-state index contributed by atoms with van der Waals surface area (Å²) in [6, 6.07) is 0. The fourth-order valence-corrected chi connectivity index (χ4v) is 11.7. The van der Waals surface area contributed by atoms with Gasteiger partial charge in [0.2, 0.25) is 0 Å². The van der Waals surface area contributed by atoms with Crippen molar-refractivity contribution < 1.29 is 223 Å². The predicted molar refractivity (Wildman–Crippen MR) is 544 cm³/mol. The maximum absolute atomic E-state index is 12.2. The van der Waals surface area contributed by atoms with E-state index in [2.05, 4.69) is 0 Å². The summed E-state index contributed by atoms with van der Waals surface area (Å²) in [7, 11) is 1.64. The van der Waals surface area contributed by atoms with Crippen molar-refractivity contribution in [2.75, 3.05) is 607 Å². The number of hydrogen-bond donors (Lipinski definition) is 0. The molecule has 1 atom stereocenters. The summed E-state index contributed by atoms with van der Waals surface area (Å²) >= 11 is 1.69. The zero-order valence-electron chi connectivity index (χ0n) is 90.6. The second-order valence-electron chi connectivity index (χ2n) is 30.9. The van der Waals surface area contributed by atoms with Crippen molar-refractivity contribution in [2.24, 2.45) is 5.92 Å². The van der Waals surface area contributed by atoms with Gasteiger partial charge in [0, 0.05) is 32.5 Å². The number of carbonyl (C=O) groups is 2. The van der Waals surface area contributed by atoms with Gasteiger partial charge in [-0.05, 0) is 31.8 Å². The van der Waals surface area contributed by atoms with Gasteiger partial charge < -0.3 is 213 Å². The van der Waals surface area contributed by atoms with Gasteiger partial charge in [0.05, 0.1) is 581 Å². The Balaban J connectivity index is 3.12. The predicted octanol–water partition coefficient (Wildman–Crippen LogP) is 3.06. The van der Waals surface area contributed by atoms with Crippen molar-refractivity contribution in [3.8, 4) is 0 Å². The molecule has 48 heteroatoms. The molecule has 0 saturated heterocycles. The minimum Gasteiger partial charge on any atom is -0.382 e. The summed E-state index contributed by atoms with van der Waals surface area (Å²) < 4.78 is 248. The van der Waals surface area contributed by atoms with E-state index < -0.39 is 0 Å². The van der Waals surface area contributed by atoms with Gasteiger partial charge in [-0.3, -0.25) is 9.59 Å². The molecule has 0 aliphatic carbocycles. The highest BCUT2D eigenvalue weighted by atomic mass is 32.2. The molecule has 0 aliphatic rings. The van der Waals surface area contributed by atoms with E-state index in [1.54, 1.807) is 25.8 Å². The molecule has 0 aromatic heterocycles. The third-order valence-electron chi connectivity index (χ3n) is 18.9. The van der Waals surface area contributed by atoms with E-state index in [1.165, 1.54) is 0 Å². The summed E-state index contributed by atoms with van der Waals surface area (Å²) in [6.45, 7) is 44.2. The summed E-state index contributed by atoms with van der Waals surface area (Å²) in [6.07, 6.45) is 4.16. The maximum atomic E-state index is 12.2. The lowest BCUT2D eigenvalue weighted by Gasteiger charge is -2.12. The minimum absolute atomic E-state index is 0.0911. The molecule has 0 N–H and O–H groups in total. The quantitative estimate of drug-likeness (QED) is 0.0789. The molecule has 0 saturated carbocycles. The Morgan fingerprint density at radius 3 is 0.338 bits per heavy atom. The third kappa shape index (κ3) is 136. The van der Waals surface area contributed by atoms with Gasteiger partial charge in [-0.25, -0.2) is 0 Å². The number of carbonyl (C=O) groups excluding carboxylic acids is 2. The molecule has 0 radical (unpaired) electrons. The van der Waals surface area contributed by atoms with Crippen LogP contribution in [0.2, 0.25) is 0 Å². The molecule has 0 heterocycles. The van der Waals surface area contributed by atoms with Crippen LogP contribution in [-0.2, 0) is 223 Å². The Bertz CT molecular complexity index is 2200. The van der Waals surface area contributed by atoms with Crippen LogP contribution in [0.1, 0.15) is 32.6 Å². The number of ketones is 2. The summed E-state index contributed by atoms with van der Waals surface area (Å²) in [5, 5.41) is 0. The zero-order chi connectivity index (χ0) is 106. The van der Waals surface area contributed by atoms with Crippen molar-refractivity contribution in [1.29, 1.82) is 0 Å². The molecule has 0 fully saturated rings. The fraction of sp³-hybridized carbons (Fsp3) is 0.980. The zero-order valence-corrected chi connectivity index (χ0v) is 91.5. The number of rotatable bonds is 142. The van der Waals surface area contributed by atoms with Crippen LogP contribution in [0.5, 0.6) is 0 Å². The lowest BCUT2D eigenvalue weighted by atomic mass is 9.94. The molecule has 0 bridgehead atoms.